The Morgan fingerprint density at radius 2 is 1.96 bits per heavy atom. The molecule has 3 aromatic rings. The maximum absolute atomic E-state index is 13.0. The Morgan fingerprint density at radius 1 is 1.21 bits per heavy atom. The number of ether oxygens (including phenoxy) is 1. The summed E-state index contributed by atoms with van der Waals surface area (Å²) >= 11 is 1.49. The van der Waals surface area contributed by atoms with Crippen LogP contribution in [0.5, 0.6) is 5.75 Å². The molecule has 0 aliphatic rings. The van der Waals surface area contributed by atoms with Crippen molar-refractivity contribution in [2.45, 2.75) is 6.61 Å². The molecule has 0 unspecified atom stereocenters. The number of carbonyl (C=O) groups excluding carboxylic acids is 1. The number of anilines is 1. The highest BCUT2D eigenvalue weighted by molar-refractivity contribution is 7.07. The summed E-state index contributed by atoms with van der Waals surface area (Å²) in [6, 6.07) is 12.8. The lowest BCUT2D eigenvalue weighted by molar-refractivity contribution is 0.0988. The van der Waals surface area contributed by atoms with Gasteiger partial charge in [-0.3, -0.25) is 4.79 Å². The standard InChI is InChI=1S/C18H15FN2O2S/c1-21(15-8-6-13(19)7-9-15)18(22)16-4-2-3-5-17(16)23-10-14-11-24-12-20-14/h2-9,11-12H,10H2,1H3. The summed E-state index contributed by atoms with van der Waals surface area (Å²) < 4.78 is 18.8. The highest BCUT2D eigenvalue weighted by Crippen LogP contribution is 2.23. The lowest BCUT2D eigenvalue weighted by Crippen LogP contribution is -2.26. The number of hydrogen-bond acceptors (Lipinski definition) is 4. The number of benzene rings is 2. The molecule has 122 valence electrons. The van der Waals surface area contributed by atoms with E-state index >= 15 is 0 Å². The second-order valence-corrected chi connectivity index (χ2v) is 5.82. The van der Waals surface area contributed by atoms with Gasteiger partial charge in [0.1, 0.15) is 18.2 Å². The van der Waals surface area contributed by atoms with Crippen LogP contribution in [0.25, 0.3) is 0 Å². The number of amides is 1. The highest BCUT2D eigenvalue weighted by atomic mass is 32.1. The van der Waals surface area contributed by atoms with E-state index in [-0.39, 0.29) is 11.7 Å². The number of carbonyl (C=O) groups is 1. The van der Waals surface area contributed by atoms with Gasteiger partial charge in [0.05, 0.1) is 16.8 Å². The van der Waals surface area contributed by atoms with Gasteiger partial charge in [-0.15, -0.1) is 11.3 Å². The van der Waals surface area contributed by atoms with Gasteiger partial charge in [0, 0.05) is 18.1 Å². The quantitative estimate of drug-likeness (QED) is 0.700. The van der Waals surface area contributed by atoms with Crippen molar-refractivity contribution in [3.05, 3.63) is 76.5 Å². The molecule has 0 bridgehead atoms. The van der Waals surface area contributed by atoms with Crippen LogP contribution in [0.1, 0.15) is 16.1 Å². The van der Waals surface area contributed by atoms with Crippen molar-refractivity contribution in [2.75, 3.05) is 11.9 Å². The molecule has 0 aliphatic carbocycles. The van der Waals surface area contributed by atoms with Gasteiger partial charge in [-0.05, 0) is 36.4 Å². The molecule has 0 fully saturated rings. The number of nitrogens with zero attached hydrogens (tertiary/aromatic N) is 2. The minimum absolute atomic E-state index is 0.226. The summed E-state index contributed by atoms with van der Waals surface area (Å²) in [5.74, 6) is -0.0773. The molecule has 1 amide bonds. The lowest BCUT2D eigenvalue weighted by Gasteiger charge is -2.19. The van der Waals surface area contributed by atoms with E-state index in [2.05, 4.69) is 4.98 Å². The number of rotatable bonds is 5. The molecule has 1 aromatic heterocycles. The summed E-state index contributed by atoms with van der Waals surface area (Å²) in [6.45, 7) is 0.300. The topological polar surface area (TPSA) is 42.4 Å². The molecule has 0 spiro atoms. The van der Waals surface area contributed by atoms with E-state index in [0.717, 1.165) is 5.69 Å². The number of para-hydroxylation sites is 1. The van der Waals surface area contributed by atoms with E-state index in [4.69, 9.17) is 4.74 Å². The first-order valence-electron chi connectivity index (χ1n) is 7.27. The average molecular weight is 342 g/mol. The Hall–Kier alpha value is -2.73. The zero-order valence-electron chi connectivity index (χ0n) is 13.0. The molecule has 24 heavy (non-hydrogen) atoms. The Morgan fingerprint density at radius 3 is 2.67 bits per heavy atom. The van der Waals surface area contributed by atoms with E-state index in [1.165, 1.54) is 28.4 Å². The number of thiazole rings is 1. The minimum atomic E-state index is -0.341. The van der Waals surface area contributed by atoms with Crippen molar-refractivity contribution in [3.8, 4) is 5.75 Å². The van der Waals surface area contributed by atoms with Gasteiger partial charge in [0.25, 0.3) is 5.91 Å². The third-order valence-corrected chi connectivity index (χ3v) is 4.13. The van der Waals surface area contributed by atoms with E-state index in [0.29, 0.717) is 23.6 Å². The molecule has 0 aliphatic heterocycles. The summed E-state index contributed by atoms with van der Waals surface area (Å²) in [7, 11) is 1.65. The van der Waals surface area contributed by atoms with Gasteiger partial charge in [-0.1, -0.05) is 12.1 Å². The fourth-order valence-corrected chi connectivity index (χ4v) is 2.74. The van der Waals surface area contributed by atoms with Crippen LogP contribution in [0.4, 0.5) is 10.1 Å². The molecule has 0 N–H and O–H groups in total. The van der Waals surface area contributed by atoms with E-state index in [9.17, 15) is 9.18 Å². The maximum Gasteiger partial charge on any atom is 0.261 e. The molecule has 4 nitrogen and oxygen atoms in total. The van der Waals surface area contributed by atoms with Crippen LogP contribution >= 0.6 is 11.3 Å². The van der Waals surface area contributed by atoms with Crippen molar-refractivity contribution in [3.63, 3.8) is 0 Å². The smallest absolute Gasteiger partial charge is 0.261 e. The Kier molecular flexibility index (Phi) is 4.86. The molecule has 0 saturated heterocycles. The van der Waals surface area contributed by atoms with Crippen LogP contribution in [0, 0.1) is 5.82 Å². The van der Waals surface area contributed by atoms with Gasteiger partial charge in [-0.2, -0.15) is 0 Å². The fraction of sp³-hybridized carbons (Fsp3) is 0.111. The van der Waals surface area contributed by atoms with Crippen LogP contribution in [0.2, 0.25) is 0 Å². The summed E-state index contributed by atoms with van der Waals surface area (Å²) in [4.78, 5) is 18.4. The molecule has 0 atom stereocenters. The van der Waals surface area contributed by atoms with Crippen LogP contribution in [0.15, 0.2) is 59.4 Å². The lowest BCUT2D eigenvalue weighted by atomic mass is 10.1. The van der Waals surface area contributed by atoms with Crippen LogP contribution in [-0.4, -0.2) is 17.9 Å². The van der Waals surface area contributed by atoms with Crippen molar-refractivity contribution >= 4 is 22.9 Å². The predicted molar refractivity (Wildman–Crippen MR) is 92.0 cm³/mol. The van der Waals surface area contributed by atoms with Crippen molar-refractivity contribution in [1.82, 2.24) is 4.98 Å². The second kappa shape index (κ2) is 7.23. The second-order valence-electron chi connectivity index (χ2n) is 5.11. The Balaban J connectivity index is 1.80. The Labute approximate surface area is 143 Å². The van der Waals surface area contributed by atoms with E-state index in [1.54, 1.807) is 42.9 Å². The molecule has 0 radical (unpaired) electrons. The van der Waals surface area contributed by atoms with E-state index < -0.39 is 0 Å². The Bertz CT molecular complexity index is 819. The number of halogens is 1. The molecule has 6 heteroatoms. The first-order valence-corrected chi connectivity index (χ1v) is 8.22. The summed E-state index contributed by atoms with van der Waals surface area (Å²) in [5, 5.41) is 1.90. The van der Waals surface area contributed by atoms with Gasteiger partial charge in [0.2, 0.25) is 0 Å². The van der Waals surface area contributed by atoms with Gasteiger partial charge in [0.15, 0.2) is 0 Å². The highest BCUT2D eigenvalue weighted by Gasteiger charge is 2.18. The molecule has 3 rings (SSSR count). The zero-order chi connectivity index (χ0) is 16.9. The fourth-order valence-electron chi connectivity index (χ4n) is 2.19. The normalized spacial score (nSPS) is 10.4. The third kappa shape index (κ3) is 3.60. The summed E-state index contributed by atoms with van der Waals surface area (Å²) in [6.07, 6.45) is 0. The molecule has 0 saturated carbocycles. The number of hydrogen-bond donors (Lipinski definition) is 0. The van der Waals surface area contributed by atoms with E-state index in [1.807, 2.05) is 11.4 Å². The molecular weight excluding hydrogens is 327 g/mol. The maximum atomic E-state index is 13.0. The first-order chi connectivity index (χ1) is 11.6. The molecule has 1 heterocycles. The van der Waals surface area contributed by atoms with Crippen LogP contribution < -0.4 is 9.64 Å². The van der Waals surface area contributed by atoms with Gasteiger partial charge >= 0.3 is 0 Å². The summed E-state index contributed by atoms with van der Waals surface area (Å²) in [5.41, 5.74) is 3.60. The SMILES string of the molecule is CN(C(=O)c1ccccc1OCc1cscn1)c1ccc(F)cc1. The van der Waals surface area contributed by atoms with Gasteiger partial charge in [-0.25, -0.2) is 9.37 Å². The number of aromatic nitrogens is 1. The molecular formula is C18H15FN2O2S. The molecule has 2 aromatic carbocycles. The van der Waals surface area contributed by atoms with Crippen molar-refractivity contribution < 1.29 is 13.9 Å². The van der Waals surface area contributed by atoms with Crippen LogP contribution in [-0.2, 0) is 6.61 Å². The predicted octanol–water partition coefficient (Wildman–Crippen LogP) is 4.14. The zero-order valence-corrected chi connectivity index (χ0v) is 13.8. The minimum Gasteiger partial charge on any atom is -0.486 e. The van der Waals surface area contributed by atoms with Crippen molar-refractivity contribution in [2.24, 2.45) is 0 Å². The first kappa shape index (κ1) is 16.1. The van der Waals surface area contributed by atoms with Crippen molar-refractivity contribution in [1.29, 1.82) is 0 Å². The van der Waals surface area contributed by atoms with Gasteiger partial charge < -0.3 is 9.64 Å². The monoisotopic (exact) mass is 342 g/mol. The third-order valence-electron chi connectivity index (χ3n) is 3.50. The van der Waals surface area contributed by atoms with Crippen LogP contribution in [0.3, 0.4) is 0 Å². The average Bonchev–Trinajstić information content (AvgIpc) is 3.13. The largest absolute Gasteiger partial charge is 0.486 e.